The van der Waals surface area contributed by atoms with Crippen molar-refractivity contribution in [1.82, 2.24) is 0 Å². The van der Waals surface area contributed by atoms with Gasteiger partial charge in [-0.15, -0.1) is 0 Å². The Morgan fingerprint density at radius 3 is 2.71 bits per heavy atom. The molecule has 0 aliphatic rings. The quantitative estimate of drug-likeness (QED) is 0.779. The lowest BCUT2D eigenvalue weighted by Crippen LogP contribution is -2.04. The molecule has 0 aliphatic carbocycles. The summed E-state index contributed by atoms with van der Waals surface area (Å²) in [5.41, 5.74) is 0.473. The van der Waals surface area contributed by atoms with Crippen molar-refractivity contribution in [2.24, 2.45) is 0 Å². The van der Waals surface area contributed by atoms with Gasteiger partial charge in [0.2, 0.25) is 5.78 Å². The van der Waals surface area contributed by atoms with Crippen molar-refractivity contribution in [3.63, 3.8) is 0 Å². The van der Waals surface area contributed by atoms with E-state index in [1.807, 2.05) is 13.0 Å². The molecule has 0 N–H and O–H groups in total. The van der Waals surface area contributed by atoms with Crippen molar-refractivity contribution >= 4 is 17.4 Å². The molecule has 2 aromatic rings. The number of rotatable bonds is 4. The number of hydrogen-bond acceptors (Lipinski definition) is 3. The minimum Gasteiger partial charge on any atom is -0.493 e. The molecule has 0 radical (unpaired) electrons. The first kappa shape index (κ1) is 11.7. The molecule has 17 heavy (non-hydrogen) atoms. The molecule has 0 amide bonds. The molecule has 4 heteroatoms. The molecule has 2 rings (SSSR count). The van der Waals surface area contributed by atoms with Crippen molar-refractivity contribution in [1.29, 1.82) is 0 Å². The number of halogens is 1. The van der Waals surface area contributed by atoms with E-state index in [2.05, 4.69) is 0 Å². The van der Waals surface area contributed by atoms with Gasteiger partial charge in [0.1, 0.15) is 5.75 Å². The Balaban J connectivity index is 2.36. The Morgan fingerprint density at radius 1 is 1.29 bits per heavy atom. The van der Waals surface area contributed by atoms with Gasteiger partial charge >= 0.3 is 0 Å². The molecule has 0 saturated carbocycles. The molecule has 0 atom stereocenters. The highest BCUT2D eigenvalue weighted by Gasteiger charge is 2.17. The van der Waals surface area contributed by atoms with Crippen molar-refractivity contribution in [3.8, 4) is 5.75 Å². The summed E-state index contributed by atoms with van der Waals surface area (Å²) in [6, 6.07) is 10.1. The molecule has 1 aromatic carbocycles. The van der Waals surface area contributed by atoms with Gasteiger partial charge in [-0.1, -0.05) is 12.1 Å². The highest BCUT2D eigenvalue weighted by Crippen LogP contribution is 2.23. The third-order valence-corrected chi connectivity index (χ3v) is 2.43. The van der Waals surface area contributed by atoms with E-state index in [1.54, 1.807) is 24.3 Å². The van der Waals surface area contributed by atoms with E-state index in [1.165, 1.54) is 6.07 Å². The molecule has 0 spiro atoms. The third-order valence-electron chi connectivity index (χ3n) is 2.23. The molecule has 88 valence electrons. The summed E-state index contributed by atoms with van der Waals surface area (Å²) in [6.07, 6.45) is 0. The van der Waals surface area contributed by atoms with Crippen LogP contribution in [0.2, 0.25) is 5.22 Å². The zero-order valence-corrected chi connectivity index (χ0v) is 10.0. The first-order valence-corrected chi connectivity index (χ1v) is 5.62. The van der Waals surface area contributed by atoms with Gasteiger partial charge in [-0.05, 0) is 42.8 Å². The van der Waals surface area contributed by atoms with Crippen LogP contribution in [0.5, 0.6) is 5.75 Å². The van der Waals surface area contributed by atoms with E-state index in [-0.39, 0.29) is 16.8 Å². The summed E-state index contributed by atoms with van der Waals surface area (Å²) in [6.45, 7) is 2.37. The Kier molecular flexibility index (Phi) is 3.49. The fourth-order valence-corrected chi connectivity index (χ4v) is 1.65. The Morgan fingerprint density at radius 2 is 2.06 bits per heavy atom. The summed E-state index contributed by atoms with van der Waals surface area (Å²) >= 11 is 5.64. The summed E-state index contributed by atoms with van der Waals surface area (Å²) in [5.74, 6) is 0.524. The van der Waals surface area contributed by atoms with Crippen molar-refractivity contribution in [2.75, 3.05) is 6.61 Å². The van der Waals surface area contributed by atoms with Crippen LogP contribution >= 0.6 is 11.6 Å². The number of ether oxygens (including phenoxy) is 1. The van der Waals surface area contributed by atoms with E-state index >= 15 is 0 Å². The zero-order valence-electron chi connectivity index (χ0n) is 9.27. The van der Waals surface area contributed by atoms with Crippen molar-refractivity contribution in [3.05, 3.63) is 52.9 Å². The number of ketones is 1. The van der Waals surface area contributed by atoms with Gasteiger partial charge in [-0.2, -0.15) is 0 Å². The Hall–Kier alpha value is -1.74. The lowest BCUT2D eigenvalue weighted by atomic mass is 10.1. The van der Waals surface area contributed by atoms with Crippen molar-refractivity contribution in [2.45, 2.75) is 6.92 Å². The number of carbonyl (C=O) groups is 1. The number of hydrogen-bond donors (Lipinski definition) is 0. The highest BCUT2D eigenvalue weighted by atomic mass is 35.5. The van der Waals surface area contributed by atoms with E-state index in [4.69, 9.17) is 20.8 Å². The normalized spacial score (nSPS) is 10.2. The molecule has 0 fully saturated rings. The maximum Gasteiger partial charge on any atom is 0.231 e. The van der Waals surface area contributed by atoms with E-state index in [9.17, 15) is 4.79 Å². The number of benzene rings is 1. The highest BCUT2D eigenvalue weighted by molar-refractivity contribution is 6.29. The fourth-order valence-electron chi connectivity index (χ4n) is 1.50. The number of carbonyl (C=O) groups excluding carboxylic acids is 1. The molecule has 0 bridgehead atoms. The predicted molar refractivity (Wildman–Crippen MR) is 64.8 cm³/mol. The molecule has 3 nitrogen and oxygen atoms in total. The lowest BCUT2D eigenvalue weighted by molar-refractivity contribution is 0.101. The summed E-state index contributed by atoms with van der Waals surface area (Å²) in [5, 5.41) is 0.197. The molecule has 0 saturated heterocycles. The van der Waals surface area contributed by atoms with Crippen LogP contribution in [0, 0.1) is 0 Å². The smallest absolute Gasteiger partial charge is 0.231 e. The minimum atomic E-state index is -0.235. The SMILES string of the molecule is CCOc1ccccc1C(=O)c1ccc(Cl)o1. The summed E-state index contributed by atoms with van der Waals surface area (Å²) in [4.78, 5) is 12.1. The number of para-hydroxylation sites is 1. The van der Waals surface area contributed by atoms with E-state index in [0.717, 1.165) is 0 Å². The van der Waals surface area contributed by atoms with E-state index in [0.29, 0.717) is 17.9 Å². The molecule has 0 unspecified atom stereocenters. The van der Waals surface area contributed by atoms with Crippen LogP contribution in [0.15, 0.2) is 40.8 Å². The van der Waals surface area contributed by atoms with Crippen LogP contribution in [0.25, 0.3) is 0 Å². The van der Waals surface area contributed by atoms with Crippen molar-refractivity contribution < 1.29 is 13.9 Å². The van der Waals surface area contributed by atoms with Crippen LogP contribution in [-0.2, 0) is 0 Å². The lowest BCUT2D eigenvalue weighted by Gasteiger charge is -2.07. The van der Waals surface area contributed by atoms with Gasteiger partial charge in [0, 0.05) is 0 Å². The summed E-state index contributed by atoms with van der Waals surface area (Å²) < 4.78 is 10.5. The molecular formula is C13H11ClO3. The fraction of sp³-hybridized carbons (Fsp3) is 0.154. The van der Waals surface area contributed by atoms with Crippen LogP contribution in [0.4, 0.5) is 0 Å². The zero-order chi connectivity index (χ0) is 12.3. The third kappa shape index (κ3) is 2.50. The van der Waals surface area contributed by atoms with Gasteiger partial charge in [0.05, 0.1) is 12.2 Å². The second-order valence-electron chi connectivity index (χ2n) is 3.36. The monoisotopic (exact) mass is 250 g/mol. The van der Waals surface area contributed by atoms with Gasteiger partial charge < -0.3 is 9.15 Å². The first-order valence-electron chi connectivity index (χ1n) is 5.24. The second kappa shape index (κ2) is 5.06. The summed E-state index contributed by atoms with van der Waals surface area (Å²) in [7, 11) is 0. The maximum absolute atomic E-state index is 12.1. The van der Waals surface area contributed by atoms with Crippen LogP contribution < -0.4 is 4.74 Å². The predicted octanol–water partition coefficient (Wildman–Crippen LogP) is 3.56. The van der Waals surface area contributed by atoms with Crippen LogP contribution in [0.1, 0.15) is 23.0 Å². The Bertz CT molecular complexity index is 531. The largest absolute Gasteiger partial charge is 0.493 e. The first-order chi connectivity index (χ1) is 8.22. The minimum absolute atomic E-state index is 0.197. The molecule has 1 heterocycles. The molecule has 1 aromatic heterocycles. The van der Waals surface area contributed by atoms with Gasteiger partial charge in [-0.25, -0.2) is 0 Å². The van der Waals surface area contributed by atoms with Gasteiger partial charge in [-0.3, -0.25) is 4.79 Å². The molecule has 0 aliphatic heterocycles. The molecular weight excluding hydrogens is 240 g/mol. The Labute approximate surface area is 104 Å². The van der Waals surface area contributed by atoms with E-state index < -0.39 is 0 Å². The van der Waals surface area contributed by atoms with Crippen LogP contribution in [-0.4, -0.2) is 12.4 Å². The standard InChI is InChI=1S/C13H11ClO3/c1-2-16-10-6-4-3-5-9(10)13(15)11-7-8-12(14)17-11/h3-8H,2H2,1H3. The average Bonchev–Trinajstić information content (AvgIpc) is 2.76. The van der Waals surface area contributed by atoms with Crippen LogP contribution in [0.3, 0.4) is 0 Å². The van der Waals surface area contributed by atoms with Gasteiger partial charge in [0.15, 0.2) is 11.0 Å². The second-order valence-corrected chi connectivity index (χ2v) is 3.73. The van der Waals surface area contributed by atoms with Gasteiger partial charge in [0.25, 0.3) is 0 Å². The topological polar surface area (TPSA) is 39.4 Å². The average molecular weight is 251 g/mol. The maximum atomic E-state index is 12.1. The number of furan rings is 1.